The van der Waals surface area contributed by atoms with Crippen molar-refractivity contribution in [3.05, 3.63) is 40.0 Å². The fraction of sp³-hybridized carbons (Fsp3) is 0.600. The van der Waals surface area contributed by atoms with E-state index in [1.54, 1.807) is 12.1 Å². The second kappa shape index (κ2) is 11.4. The predicted octanol–water partition coefficient (Wildman–Crippen LogP) is 6.26. The molecule has 0 aliphatic heterocycles. The quantitative estimate of drug-likeness (QED) is 0.319. The number of carbonyl (C=O) groups excluding carboxylic acids is 2. The van der Waals surface area contributed by atoms with Crippen LogP contribution in [-0.4, -0.2) is 46.1 Å². The minimum atomic E-state index is -4.56. The van der Waals surface area contributed by atoms with Gasteiger partial charge in [-0.15, -0.1) is 11.3 Å². The number of nitrogens with one attached hydrogen (secondary N) is 2. The van der Waals surface area contributed by atoms with Crippen molar-refractivity contribution in [3.8, 4) is 10.4 Å². The summed E-state index contributed by atoms with van der Waals surface area (Å²) in [4.78, 5) is 42.8. The van der Waals surface area contributed by atoms with E-state index in [4.69, 9.17) is 10.1 Å². The molecule has 41 heavy (non-hydrogen) atoms. The van der Waals surface area contributed by atoms with E-state index in [2.05, 4.69) is 17.6 Å². The number of halogens is 3. The third kappa shape index (κ3) is 6.76. The summed E-state index contributed by atoms with van der Waals surface area (Å²) in [6.07, 6.45) is 4.32. The summed E-state index contributed by atoms with van der Waals surface area (Å²) in [5, 5.41) is 14.4. The van der Waals surface area contributed by atoms with Gasteiger partial charge in [0.2, 0.25) is 0 Å². The molecule has 3 N–H and O–H groups in total. The minimum Gasteiger partial charge on any atom is -0.481 e. The van der Waals surface area contributed by atoms with E-state index in [0.717, 1.165) is 61.6 Å². The molecule has 3 aliphatic rings. The summed E-state index contributed by atoms with van der Waals surface area (Å²) in [5.41, 5.74) is 2.32. The second-order valence-electron chi connectivity index (χ2n) is 12.3. The molecule has 3 fully saturated rings. The summed E-state index contributed by atoms with van der Waals surface area (Å²) >= 11 is 1.22. The normalized spacial score (nSPS) is 22.9. The Labute approximate surface area is 241 Å². The molecule has 0 bridgehead atoms. The van der Waals surface area contributed by atoms with Crippen LogP contribution in [0.15, 0.2) is 18.2 Å². The van der Waals surface area contributed by atoms with Crippen molar-refractivity contribution in [3.63, 3.8) is 0 Å². The van der Waals surface area contributed by atoms with Crippen LogP contribution in [0.2, 0.25) is 0 Å². The van der Waals surface area contributed by atoms with Gasteiger partial charge in [0.25, 0.3) is 11.8 Å². The molecule has 2 aromatic rings. The molecule has 0 radical (unpaired) electrons. The SMILES string of the molecule is C[C@H](NC(=O)c1cc(-c2sc(C(=O)N[C@H]3C[C@H](C(=O)O)C3)nc2CC2CCCCC2)cc(C2(C)CC2)c1)C(F)(F)F. The number of hydrogen-bond acceptors (Lipinski definition) is 5. The number of benzene rings is 1. The molecule has 1 aromatic heterocycles. The highest BCUT2D eigenvalue weighted by molar-refractivity contribution is 7.17. The van der Waals surface area contributed by atoms with Crippen LogP contribution in [0.4, 0.5) is 13.2 Å². The van der Waals surface area contributed by atoms with Gasteiger partial charge in [-0.1, -0.05) is 39.0 Å². The largest absolute Gasteiger partial charge is 0.481 e. The molecule has 7 nitrogen and oxygen atoms in total. The number of hydrogen-bond donors (Lipinski definition) is 3. The fourth-order valence-corrected chi connectivity index (χ4v) is 6.72. The van der Waals surface area contributed by atoms with Crippen molar-refractivity contribution in [2.75, 3.05) is 0 Å². The molecular weight excluding hydrogens is 555 g/mol. The summed E-state index contributed by atoms with van der Waals surface area (Å²) in [6, 6.07) is 3.06. The van der Waals surface area contributed by atoms with Crippen molar-refractivity contribution >= 4 is 29.1 Å². The number of nitrogens with zero attached hydrogens (tertiary/aromatic N) is 1. The van der Waals surface area contributed by atoms with E-state index < -0.39 is 30.0 Å². The number of amides is 2. The molecule has 3 aliphatic carbocycles. The number of thiazole rings is 1. The first kappa shape index (κ1) is 29.5. The zero-order chi connectivity index (χ0) is 29.5. The highest BCUT2D eigenvalue weighted by atomic mass is 32.1. The van der Waals surface area contributed by atoms with E-state index in [-0.39, 0.29) is 27.9 Å². The molecule has 3 saturated carbocycles. The van der Waals surface area contributed by atoms with Gasteiger partial charge >= 0.3 is 12.1 Å². The first-order chi connectivity index (χ1) is 19.3. The van der Waals surface area contributed by atoms with E-state index >= 15 is 0 Å². The Balaban J connectivity index is 1.47. The molecule has 0 saturated heterocycles. The Bertz CT molecular complexity index is 1320. The van der Waals surface area contributed by atoms with Gasteiger partial charge in [-0.3, -0.25) is 14.4 Å². The van der Waals surface area contributed by atoms with Crippen molar-refractivity contribution in [1.29, 1.82) is 0 Å². The maximum Gasteiger partial charge on any atom is 0.408 e. The molecule has 1 heterocycles. The topological polar surface area (TPSA) is 108 Å². The lowest BCUT2D eigenvalue weighted by Gasteiger charge is -2.32. The molecule has 11 heteroatoms. The number of alkyl halides is 3. The van der Waals surface area contributed by atoms with E-state index in [1.807, 2.05) is 6.07 Å². The highest BCUT2D eigenvalue weighted by Gasteiger charge is 2.41. The minimum absolute atomic E-state index is 0.152. The highest BCUT2D eigenvalue weighted by Crippen LogP contribution is 2.49. The van der Waals surface area contributed by atoms with Crippen LogP contribution in [0.3, 0.4) is 0 Å². The Morgan fingerprint density at radius 2 is 1.78 bits per heavy atom. The number of aliphatic carboxylic acids is 1. The smallest absolute Gasteiger partial charge is 0.408 e. The lowest BCUT2D eigenvalue weighted by atomic mass is 9.80. The van der Waals surface area contributed by atoms with Crippen LogP contribution in [0.5, 0.6) is 0 Å². The van der Waals surface area contributed by atoms with Crippen LogP contribution in [0.1, 0.15) is 103 Å². The first-order valence-electron chi connectivity index (χ1n) is 14.4. The third-order valence-corrected chi connectivity index (χ3v) is 10.1. The molecule has 1 aromatic carbocycles. The third-order valence-electron chi connectivity index (χ3n) is 8.91. The number of rotatable bonds is 9. The van der Waals surface area contributed by atoms with Crippen molar-refractivity contribution in [1.82, 2.24) is 15.6 Å². The van der Waals surface area contributed by atoms with Crippen LogP contribution in [0, 0.1) is 11.8 Å². The Hall–Kier alpha value is -2.95. The average molecular weight is 592 g/mol. The molecule has 1 atom stereocenters. The van der Waals surface area contributed by atoms with Gasteiger partial charge in [0.1, 0.15) is 6.04 Å². The first-order valence-corrected chi connectivity index (χ1v) is 15.2. The fourth-order valence-electron chi connectivity index (χ4n) is 5.74. The summed E-state index contributed by atoms with van der Waals surface area (Å²) in [7, 11) is 0. The maximum absolute atomic E-state index is 13.2. The number of aromatic nitrogens is 1. The summed E-state index contributed by atoms with van der Waals surface area (Å²) in [6.45, 7) is 2.99. The van der Waals surface area contributed by atoms with Gasteiger partial charge in [-0.2, -0.15) is 13.2 Å². The molecule has 5 rings (SSSR count). The Morgan fingerprint density at radius 1 is 1.10 bits per heavy atom. The van der Waals surface area contributed by atoms with Crippen LogP contribution >= 0.6 is 11.3 Å². The van der Waals surface area contributed by atoms with Crippen LogP contribution in [0.25, 0.3) is 10.4 Å². The van der Waals surface area contributed by atoms with Crippen molar-refractivity contribution in [2.45, 2.75) is 102 Å². The van der Waals surface area contributed by atoms with Gasteiger partial charge in [-0.25, -0.2) is 4.98 Å². The summed E-state index contributed by atoms with van der Waals surface area (Å²) < 4.78 is 39.6. The second-order valence-corrected chi connectivity index (χ2v) is 13.3. The van der Waals surface area contributed by atoms with Gasteiger partial charge < -0.3 is 15.7 Å². The average Bonchev–Trinajstić information content (AvgIpc) is 3.51. The maximum atomic E-state index is 13.2. The van der Waals surface area contributed by atoms with E-state index in [1.165, 1.54) is 17.8 Å². The lowest BCUT2D eigenvalue weighted by Crippen LogP contribution is -2.46. The van der Waals surface area contributed by atoms with Crippen LogP contribution < -0.4 is 10.6 Å². The van der Waals surface area contributed by atoms with Gasteiger partial charge in [0, 0.05) is 11.6 Å². The molecule has 0 unspecified atom stereocenters. The standard InChI is InChI=1S/C30H36F3N3O4S/c1-16(30(31,32)33)34-25(37)19-11-18(12-21(13-19)29(2)8-9-29)24-23(10-17-6-4-3-5-7-17)36-27(41-24)26(38)35-22-14-20(15-22)28(39)40/h11-13,16-17,20,22H,3-10,14-15H2,1-2H3,(H,34,37)(H,35,38)(H,39,40)/t16-,20-,22-/m0/s1. The van der Waals surface area contributed by atoms with Crippen molar-refractivity contribution in [2.24, 2.45) is 11.8 Å². The van der Waals surface area contributed by atoms with E-state index in [0.29, 0.717) is 30.7 Å². The van der Waals surface area contributed by atoms with Gasteiger partial charge in [-0.05, 0) is 79.7 Å². The molecule has 0 spiro atoms. The zero-order valence-corrected chi connectivity index (χ0v) is 24.1. The number of carbonyl (C=O) groups is 3. The monoisotopic (exact) mass is 591 g/mol. The van der Waals surface area contributed by atoms with E-state index in [9.17, 15) is 27.6 Å². The Morgan fingerprint density at radius 3 is 2.39 bits per heavy atom. The lowest BCUT2D eigenvalue weighted by molar-refractivity contribution is -0.149. The molecule has 222 valence electrons. The molecular formula is C30H36F3N3O4S. The number of carboxylic acid groups (broad SMARTS) is 1. The van der Waals surface area contributed by atoms with Crippen molar-refractivity contribution < 1.29 is 32.7 Å². The van der Waals surface area contributed by atoms with Gasteiger partial charge in [0.05, 0.1) is 16.5 Å². The Kier molecular flexibility index (Phi) is 8.20. The molecule has 2 amide bonds. The summed E-state index contributed by atoms with van der Waals surface area (Å²) in [5.74, 6) is -2.05. The number of carboxylic acids is 1. The van der Waals surface area contributed by atoms with Crippen LogP contribution in [-0.2, 0) is 16.6 Å². The predicted molar refractivity (Wildman–Crippen MR) is 149 cm³/mol. The zero-order valence-electron chi connectivity index (χ0n) is 23.3. The van der Waals surface area contributed by atoms with Gasteiger partial charge in [0.15, 0.2) is 5.01 Å².